The summed E-state index contributed by atoms with van der Waals surface area (Å²) in [6, 6.07) is 13.9. The van der Waals surface area contributed by atoms with Crippen LogP contribution in [0.15, 0.2) is 58.0 Å². The molecule has 1 aliphatic rings. The Hall–Kier alpha value is -1.92. The van der Waals surface area contributed by atoms with E-state index < -0.39 is 0 Å². The summed E-state index contributed by atoms with van der Waals surface area (Å²) >= 11 is 3.03. The second-order valence-electron chi connectivity index (χ2n) is 4.45. The van der Waals surface area contributed by atoms with Gasteiger partial charge in [-0.15, -0.1) is 16.4 Å². The maximum absolute atomic E-state index is 11.9. The minimum absolute atomic E-state index is 0.00562. The van der Waals surface area contributed by atoms with E-state index in [0.29, 0.717) is 11.6 Å². The molecule has 1 N–H and O–H groups in total. The first-order valence-corrected chi connectivity index (χ1v) is 8.23. The highest BCUT2D eigenvalue weighted by atomic mass is 32.2. The number of carbonyl (C=O) groups is 1. The van der Waals surface area contributed by atoms with Crippen LogP contribution in [0.5, 0.6) is 0 Å². The summed E-state index contributed by atoms with van der Waals surface area (Å²) in [4.78, 5) is 13.0. The lowest BCUT2D eigenvalue weighted by Gasteiger charge is -2.04. The summed E-state index contributed by atoms with van der Waals surface area (Å²) in [6.45, 7) is 0. The number of benzene rings is 1. The molecule has 0 bridgehead atoms. The van der Waals surface area contributed by atoms with Gasteiger partial charge in [-0.05, 0) is 23.4 Å². The molecule has 0 radical (unpaired) electrons. The fourth-order valence-corrected chi connectivity index (χ4v) is 3.46. The van der Waals surface area contributed by atoms with E-state index in [1.165, 1.54) is 11.8 Å². The van der Waals surface area contributed by atoms with E-state index in [1.54, 1.807) is 17.6 Å². The number of rotatable bonds is 4. The molecule has 1 aromatic carbocycles. The largest absolute Gasteiger partial charge is 0.303 e. The summed E-state index contributed by atoms with van der Waals surface area (Å²) in [7, 11) is 0. The quantitative estimate of drug-likeness (QED) is 0.697. The first kappa shape index (κ1) is 14.0. The van der Waals surface area contributed by atoms with Gasteiger partial charge in [0.15, 0.2) is 5.17 Å². The van der Waals surface area contributed by atoms with Crippen LogP contribution in [-0.2, 0) is 11.2 Å². The highest BCUT2D eigenvalue weighted by Gasteiger charge is 2.30. The minimum Gasteiger partial charge on any atom is -0.303 e. The van der Waals surface area contributed by atoms with Crippen LogP contribution in [0.1, 0.15) is 10.4 Å². The minimum atomic E-state index is -0.136. The molecule has 0 saturated carbocycles. The summed E-state index contributed by atoms with van der Waals surface area (Å²) in [5, 5.41) is 13.3. The van der Waals surface area contributed by atoms with E-state index >= 15 is 0 Å². The highest BCUT2D eigenvalue weighted by Crippen LogP contribution is 2.23. The van der Waals surface area contributed by atoms with Gasteiger partial charge in [0.2, 0.25) is 5.91 Å². The summed E-state index contributed by atoms with van der Waals surface area (Å²) < 4.78 is 0. The number of nitrogens with zero attached hydrogens (tertiary/aromatic N) is 2. The predicted octanol–water partition coefficient (Wildman–Crippen LogP) is 2.91. The molecule has 21 heavy (non-hydrogen) atoms. The Morgan fingerprint density at radius 3 is 2.81 bits per heavy atom. The number of amides is 1. The smallest absolute Gasteiger partial charge is 0.239 e. The second kappa shape index (κ2) is 6.69. The molecule has 2 heterocycles. The monoisotopic (exact) mass is 315 g/mol. The van der Waals surface area contributed by atoms with Gasteiger partial charge >= 0.3 is 0 Å². The van der Waals surface area contributed by atoms with Crippen LogP contribution in [0.25, 0.3) is 0 Å². The predicted molar refractivity (Wildman–Crippen MR) is 89.0 cm³/mol. The Morgan fingerprint density at radius 1 is 1.19 bits per heavy atom. The first-order chi connectivity index (χ1) is 10.3. The molecule has 3 rings (SSSR count). The van der Waals surface area contributed by atoms with Crippen LogP contribution in [0, 0.1) is 0 Å². The van der Waals surface area contributed by atoms with Crippen molar-refractivity contribution in [1.82, 2.24) is 5.32 Å². The average molecular weight is 315 g/mol. The Labute approximate surface area is 131 Å². The molecule has 0 aliphatic carbocycles. The van der Waals surface area contributed by atoms with Gasteiger partial charge in [0, 0.05) is 4.88 Å². The van der Waals surface area contributed by atoms with Crippen LogP contribution in [-0.4, -0.2) is 22.5 Å². The van der Waals surface area contributed by atoms with Crippen molar-refractivity contribution in [2.24, 2.45) is 10.2 Å². The standard InChI is InChI=1S/C15H13N3OS2/c19-14-13(9-11-5-2-1-3-6-11)21-15(17-14)18-16-10-12-7-4-8-20-12/h1-8,10,13H,9H2,(H,17,18,19)/b16-10+. The van der Waals surface area contributed by atoms with Crippen molar-refractivity contribution in [2.45, 2.75) is 11.7 Å². The zero-order valence-corrected chi connectivity index (χ0v) is 12.7. The molecular weight excluding hydrogens is 302 g/mol. The van der Waals surface area contributed by atoms with Gasteiger partial charge in [-0.3, -0.25) is 4.79 Å². The number of hydrogen-bond acceptors (Lipinski definition) is 5. The molecule has 1 atom stereocenters. The van der Waals surface area contributed by atoms with Gasteiger partial charge in [-0.25, -0.2) is 0 Å². The maximum Gasteiger partial charge on any atom is 0.239 e. The zero-order chi connectivity index (χ0) is 14.5. The number of nitrogens with one attached hydrogen (secondary N) is 1. The Kier molecular flexibility index (Phi) is 4.47. The number of carbonyl (C=O) groups excluding carboxylic acids is 1. The molecule has 4 nitrogen and oxygen atoms in total. The third-order valence-electron chi connectivity index (χ3n) is 2.92. The number of amidine groups is 1. The van der Waals surface area contributed by atoms with Gasteiger partial charge in [-0.1, -0.05) is 48.2 Å². The van der Waals surface area contributed by atoms with Crippen molar-refractivity contribution in [1.29, 1.82) is 0 Å². The number of thiophene rings is 1. The lowest BCUT2D eigenvalue weighted by Crippen LogP contribution is -2.25. The summed E-state index contributed by atoms with van der Waals surface area (Å²) in [5.41, 5.74) is 1.15. The summed E-state index contributed by atoms with van der Waals surface area (Å²) in [6.07, 6.45) is 2.39. The van der Waals surface area contributed by atoms with Crippen molar-refractivity contribution in [3.63, 3.8) is 0 Å². The second-order valence-corrected chi connectivity index (χ2v) is 6.62. The topological polar surface area (TPSA) is 53.8 Å². The van der Waals surface area contributed by atoms with Gasteiger partial charge in [0.05, 0.1) is 11.5 Å². The van der Waals surface area contributed by atoms with Crippen molar-refractivity contribution in [3.8, 4) is 0 Å². The Morgan fingerprint density at radius 2 is 2.05 bits per heavy atom. The molecular formula is C15H13N3OS2. The van der Waals surface area contributed by atoms with Gasteiger partial charge in [0.25, 0.3) is 0 Å². The Bertz CT molecular complexity index is 665. The van der Waals surface area contributed by atoms with E-state index in [2.05, 4.69) is 15.5 Å². The van der Waals surface area contributed by atoms with Crippen LogP contribution in [0.2, 0.25) is 0 Å². The number of thioether (sulfide) groups is 1. The summed E-state index contributed by atoms with van der Waals surface area (Å²) in [5.74, 6) is -0.00562. The fraction of sp³-hybridized carbons (Fsp3) is 0.133. The Balaban J connectivity index is 1.62. The van der Waals surface area contributed by atoms with Crippen LogP contribution in [0.3, 0.4) is 0 Å². The molecule has 106 valence electrons. The van der Waals surface area contributed by atoms with Crippen LogP contribution >= 0.6 is 23.1 Å². The van der Waals surface area contributed by atoms with Crippen LogP contribution in [0.4, 0.5) is 0 Å². The highest BCUT2D eigenvalue weighted by molar-refractivity contribution is 8.15. The maximum atomic E-state index is 11.9. The first-order valence-electron chi connectivity index (χ1n) is 6.47. The van der Waals surface area contributed by atoms with E-state index in [0.717, 1.165) is 10.4 Å². The van der Waals surface area contributed by atoms with Crippen LogP contribution < -0.4 is 5.32 Å². The third kappa shape index (κ3) is 3.80. The third-order valence-corrected chi connectivity index (χ3v) is 4.80. The fourth-order valence-electron chi connectivity index (χ4n) is 1.92. The molecule has 2 aromatic rings. The molecule has 1 aromatic heterocycles. The lowest BCUT2D eigenvalue weighted by atomic mass is 10.1. The molecule has 1 fully saturated rings. The molecule has 1 amide bonds. The SMILES string of the molecule is O=C1N/C(=N/N=C/c2cccs2)SC1Cc1ccccc1. The molecule has 1 aliphatic heterocycles. The van der Waals surface area contributed by atoms with E-state index in [4.69, 9.17) is 0 Å². The molecule has 1 unspecified atom stereocenters. The molecule has 6 heteroatoms. The van der Waals surface area contributed by atoms with Crippen molar-refractivity contribution in [2.75, 3.05) is 0 Å². The van der Waals surface area contributed by atoms with E-state index in [-0.39, 0.29) is 11.2 Å². The van der Waals surface area contributed by atoms with E-state index in [1.807, 2.05) is 47.8 Å². The zero-order valence-electron chi connectivity index (χ0n) is 11.1. The lowest BCUT2D eigenvalue weighted by molar-refractivity contribution is -0.118. The number of hydrogen-bond donors (Lipinski definition) is 1. The molecule has 1 saturated heterocycles. The van der Waals surface area contributed by atoms with Gasteiger partial charge in [0.1, 0.15) is 0 Å². The normalized spacial score (nSPS) is 20.3. The van der Waals surface area contributed by atoms with Crippen molar-refractivity contribution in [3.05, 3.63) is 58.3 Å². The average Bonchev–Trinajstić information content (AvgIpc) is 3.11. The van der Waals surface area contributed by atoms with Gasteiger partial charge in [-0.2, -0.15) is 5.10 Å². The van der Waals surface area contributed by atoms with Crippen molar-refractivity contribution >= 4 is 40.4 Å². The molecule has 0 spiro atoms. The van der Waals surface area contributed by atoms with Gasteiger partial charge < -0.3 is 5.32 Å². The van der Waals surface area contributed by atoms with Crippen molar-refractivity contribution < 1.29 is 4.79 Å². The van der Waals surface area contributed by atoms with E-state index in [9.17, 15) is 4.79 Å².